The van der Waals surface area contributed by atoms with Gasteiger partial charge in [-0.1, -0.05) is 0 Å². The molecule has 0 saturated heterocycles. The molecular weight excluding hydrogens is 170 g/mol. The zero-order valence-corrected chi connectivity index (χ0v) is 7.58. The van der Waals surface area contributed by atoms with Gasteiger partial charge in [-0.15, -0.1) is 0 Å². The van der Waals surface area contributed by atoms with E-state index in [-0.39, 0.29) is 12.5 Å². The van der Waals surface area contributed by atoms with E-state index in [1.165, 1.54) is 0 Å². The van der Waals surface area contributed by atoms with Crippen LogP contribution < -0.4 is 5.32 Å². The lowest BCUT2D eigenvalue weighted by atomic mass is 10.3. The van der Waals surface area contributed by atoms with Gasteiger partial charge in [0.2, 0.25) is 0 Å². The first-order valence-corrected chi connectivity index (χ1v) is 4.15. The largest absolute Gasteiger partial charge is 0.469 e. The van der Waals surface area contributed by atoms with E-state index in [0.717, 1.165) is 5.76 Å². The first-order valence-electron chi connectivity index (χ1n) is 4.15. The van der Waals surface area contributed by atoms with Crippen LogP contribution in [0.2, 0.25) is 0 Å². The van der Waals surface area contributed by atoms with Crippen LogP contribution in [-0.4, -0.2) is 26.2 Å². The van der Waals surface area contributed by atoms with Crippen molar-refractivity contribution in [3.05, 3.63) is 24.2 Å². The van der Waals surface area contributed by atoms with Crippen LogP contribution in [0.5, 0.6) is 0 Å². The molecule has 0 aliphatic carbocycles. The molecule has 0 aliphatic heterocycles. The van der Waals surface area contributed by atoms with E-state index in [1.54, 1.807) is 13.3 Å². The summed E-state index contributed by atoms with van der Waals surface area (Å²) >= 11 is 0. The zero-order chi connectivity index (χ0) is 9.52. The molecule has 1 rings (SSSR count). The van der Waals surface area contributed by atoms with E-state index in [9.17, 15) is 4.79 Å². The van der Waals surface area contributed by atoms with Crippen LogP contribution in [0, 0.1) is 0 Å². The molecule has 1 aromatic heterocycles. The summed E-state index contributed by atoms with van der Waals surface area (Å²) in [6.45, 7) is 0.617. The number of esters is 1. The highest BCUT2D eigenvalue weighted by molar-refractivity contribution is 5.71. The van der Waals surface area contributed by atoms with Crippen molar-refractivity contribution < 1.29 is 13.9 Å². The van der Waals surface area contributed by atoms with E-state index < -0.39 is 0 Å². The number of hydrogen-bond acceptors (Lipinski definition) is 4. The van der Waals surface area contributed by atoms with Gasteiger partial charge in [-0.3, -0.25) is 4.79 Å². The van der Waals surface area contributed by atoms with Crippen molar-refractivity contribution in [2.75, 3.05) is 20.2 Å². The average Bonchev–Trinajstić information content (AvgIpc) is 2.57. The maximum absolute atomic E-state index is 10.9. The van der Waals surface area contributed by atoms with Gasteiger partial charge in [-0.25, -0.2) is 0 Å². The van der Waals surface area contributed by atoms with E-state index in [0.29, 0.717) is 13.0 Å². The standard InChI is InChI=1S/C9H13NO3/c1-10-7-9(11)13-6-4-8-3-2-5-12-8/h2-3,5,10H,4,6-7H2,1H3. The molecule has 0 amide bonds. The van der Waals surface area contributed by atoms with E-state index >= 15 is 0 Å². The molecule has 4 nitrogen and oxygen atoms in total. The third-order valence-electron chi connectivity index (χ3n) is 1.51. The predicted molar refractivity (Wildman–Crippen MR) is 47.3 cm³/mol. The van der Waals surface area contributed by atoms with Crippen molar-refractivity contribution in [2.24, 2.45) is 0 Å². The second kappa shape index (κ2) is 5.37. The minimum atomic E-state index is -0.242. The summed E-state index contributed by atoms with van der Waals surface area (Å²) in [5.41, 5.74) is 0. The Bertz CT molecular complexity index is 243. The van der Waals surface area contributed by atoms with Gasteiger partial charge in [0.05, 0.1) is 19.4 Å². The Kier molecular flexibility index (Phi) is 4.05. The Labute approximate surface area is 76.9 Å². The molecule has 0 radical (unpaired) electrons. The van der Waals surface area contributed by atoms with E-state index in [2.05, 4.69) is 5.32 Å². The van der Waals surface area contributed by atoms with Crippen molar-refractivity contribution >= 4 is 5.97 Å². The number of likely N-dealkylation sites (N-methyl/N-ethyl adjacent to an activating group) is 1. The van der Waals surface area contributed by atoms with Crippen LogP contribution in [-0.2, 0) is 16.0 Å². The number of furan rings is 1. The fraction of sp³-hybridized carbons (Fsp3) is 0.444. The summed E-state index contributed by atoms with van der Waals surface area (Å²) < 4.78 is 9.96. The number of hydrogen-bond donors (Lipinski definition) is 1. The summed E-state index contributed by atoms with van der Waals surface area (Å²) in [7, 11) is 1.70. The van der Waals surface area contributed by atoms with Crippen LogP contribution in [0.3, 0.4) is 0 Å². The Hall–Kier alpha value is -1.29. The maximum Gasteiger partial charge on any atom is 0.319 e. The lowest BCUT2D eigenvalue weighted by Gasteiger charge is -2.01. The first kappa shape index (κ1) is 9.80. The molecule has 1 heterocycles. The van der Waals surface area contributed by atoms with Gasteiger partial charge in [-0.05, 0) is 19.2 Å². The van der Waals surface area contributed by atoms with E-state index in [4.69, 9.17) is 9.15 Å². The molecule has 0 saturated carbocycles. The summed E-state index contributed by atoms with van der Waals surface area (Å²) in [6, 6.07) is 3.66. The van der Waals surface area contributed by atoms with Crippen LogP contribution in [0.4, 0.5) is 0 Å². The second-order valence-electron chi connectivity index (χ2n) is 2.58. The molecule has 13 heavy (non-hydrogen) atoms. The molecule has 72 valence electrons. The number of rotatable bonds is 5. The third kappa shape index (κ3) is 3.75. The van der Waals surface area contributed by atoms with Gasteiger partial charge in [0.25, 0.3) is 0 Å². The quantitative estimate of drug-likeness (QED) is 0.678. The molecule has 4 heteroatoms. The highest BCUT2D eigenvalue weighted by atomic mass is 16.5. The summed E-state index contributed by atoms with van der Waals surface area (Å²) in [5.74, 6) is 0.589. The Morgan fingerprint density at radius 3 is 3.15 bits per heavy atom. The van der Waals surface area contributed by atoms with Crippen LogP contribution in [0.1, 0.15) is 5.76 Å². The molecule has 0 aliphatic rings. The topological polar surface area (TPSA) is 51.5 Å². The number of ether oxygens (including phenoxy) is 1. The van der Waals surface area contributed by atoms with Crippen molar-refractivity contribution in [2.45, 2.75) is 6.42 Å². The Morgan fingerprint density at radius 1 is 1.69 bits per heavy atom. The second-order valence-corrected chi connectivity index (χ2v) is 2.58. The summed E-state index contributed by atoms with van der Waals surface area (Å²) in [4.78, 5) is 10.9. The number of nitrogens with one attached hydrogen (secondary N) is 1. The van der Waals surface area contributed by atoms with Crippen LogP contribution >= 0.6 is 0 Å². The molecule has 0 aromatic carbocycles. The SMILES string of the molecule is CNCC(=O)OCCc1ccco1. The average molecular weight is 183 g/mol. The Morgan fingerprint density at radius 2 is 2.54 bits per heavy atom. The molecule has 0 atom stereocenters. The highest BCUT2D eigenvalue weighted by Crippen LogP contribution is 2.00. The van der Waals surface area contributed by atoms with Gasteiger partial charge in [0.15, 0.2) is 0 Å². The molecule has 0 bridgehead atoms. The lowest BCUT2D eigenvalue weighted by Crippen LogP contribution is -2.21. The number of carbonyl (C=O) groups excluding carboxylic acids is 1. The number of carbonyl (C=O) groups is 1. The molecule has 0 fully saturated rings. The van der Waals surface area contributed by atoms with Crippen LogP contribution in [0.15, 0.2) is 22.8 Å². The van der Waals surface area contributed by atoms with Crippen molar-refractivity contribution in [1.82, 2.24) is 5.32 Å². The monoisotopic (exact) mass is 183 g/mol. The van der Waals surface area contributed by atoms with Crippen LogP contribution in [0.25, 0.3) is 0 Å². The summed E-state index contributed by atoms with van der Waals surface area (Å²) in [5, 5.41) is 2.71. The zero-order valence-electron chi connectivity index (χ0n) is 7.58. The third-order valence-corrected chi connectivity index (χ3v) is 1.51. The molecule has 0 spiro atoms. The fourth-order valence-electron chi connectivity index (χ4n) is 0.916. The van der Waals surface area contributed by atoms with Gasteiger partial charge in [0.1, 0.15) is 5.76 Å². The predicted octanol–water partition coefficient (Wildman–Crippen LogP) is 0.585. The smallest absolute Gasteiger partial charge is 0.319 e. The van der Waals surface area contributed by atoms with Crippen molar-refractivity contribution in [3.8, 4) is 0 Å². The van der Waals surface area contributed by atoms with Crippen molar-refractivity contribution in [3.63, 3.8) is 0 Å². The Balaban J connectivity index is 2.11. The van der Waals surface area contributed by atoms with Crippen molar-refractivity contribution in [1.29, 1.82) is 0 Å². The van der Waals surface area contributed by atoms with Gasteiger partial charge >= 0.3 is 5.97 Å². The minimum absolute atomic E-state index is 0.242. The molecule has 1 N–H and O–H groups in total. The normalized spacial score (nSPS) is 9.92. The highest BCUT2D eigenvalue weighted by Gasteiger charge is 2.01. The molecule has 0 unspecified atom stereocenters. The molecular formula is C9H13NO3. The first-order chi connectivity index (χ1) is 6.33. The maximum atomic E-state index is 10.9. The lowest BCUT2D eigenvalue weighted by molar-refractivity contribution is -0.142. The molecule has 1 aromatic rings. The van der Waals surface area contributed by atoms with Gasteiger partial charge < -0.3 is 14.5 Å². The summed E-state index contributed by atoms with van der Waals surface area (Å²) in [6.07, 6.45) is 2.23. The van der Waals surface area contributed by atoms with Gasteiger partial charge in [0, 0.05) is 6.42 Å². The fourth-order valence-corrected chi connectivity index (χ4v) is 0.916. The van der Waals surface area contributed by atoms with Gasteiger partial charge in [-0.2, -0.15) is 0 Å². The van der Waals surface area contributed by atoms with E-state index in [1.807, 2.05) is 12.1 Å². The minimum Gasteiger partial charge on any atom is -0.469 e.